The van der Waals surface area contributed by atoms with E-state index in [9.17, 15) is 27.6 Å². The predicted octanol–water partition coefficient (Wildman–Crippen LogP) is 4.02. The number of aliphatic hydroxyl groups is 1. The number of aliphatic hydroxyl groups excluding tert-OH is 1. The molecule has 4 rings (SSSR count). The van der Waals surface area contributed by atoms with Crippen LogP contribution < -0.4 is 21.4 Å². The first-order valence-corrected chi connectivity index (χ1v) is 14.5. The third-order valence-electron chi connectivity index (χ3n) is 6.41. The molecule has 1 aromatic carbocycles. The number of amides is 3. The van der Waals surface area contributed by atoms with Crippen LogP contribution in [0.3, 0.4) is 0 Å². The number of hydrogen-bond donors (Lipinski definition) is 4. The van der Waals surface area contributed by atoms with Gasteiger partial charge in [0.05, 0.1) is 12.1 Å². The van der Waals surface area contributed by atoms with Gasteiger partial charge in [0.1, 0.15) is 16.4 Å². The van der Waals surface area contributed by atoms with Crippen molar-refractivity contribution in [2.24, 2.45) is 0 Å². The molecule has 3 heterocycles. The van der Waals surface area contributed by atoms with Gasteiger partial charge in [-0.1, -0.05) is 6.07 Å². The average Bonchev–Trinajstić information content (AvgIpc) is 3.46. The minimum absolute atomic E-state index is 0.0144. The van der Waals surface area contributed by atoms with Gasteiger partial charge >= 0.3 is 12.2 Å². The first kappa shape index (κ1) is 32.6. The molecule has 0 aliphatic rings. The lowest BCUT2D eigenvalue weighted by atomic mass is 9.99. The van der Waals surface area contributed by atoms with Crippen LogP contribution in [-0.2, 0) is 12.7 Å². The van der Waals surface area contributed by atoms with Gasteiger partial charge in [-0.25, -0.2) is 14.8 Å². The number of likely N-dealkylation sites (N-methyl/N-ethyl adjacent to an activating group) is 1. The number of aromatic nitrogens is 3. The Labute approximate surface area is 254 Å². The Morgan fingerprint density at radius 1 is 1.16 bits per heavy atom. The van der Waals surface area contributed by atoms with E-state index in [0.717, 1.165) is 16.7 Å². The van der Waals surface area contributed by atoms with Crippen molar-refractivity contribution in [2.45, 2.75) is 32.6 Å². The fourth-order valence-electron chi connectivity index (χ4n) is 4.35. The summed E-state index contributed by atoms with van der Waals surface area (Å²) in [5.41, 5.74) is 0.0905. The zero-order valence-corrected chi connectivity index (χ0v) is 25.3. The van der Waals surface area contributed by atoms with Gasteiger partial charge in [0.2, 0.25) is 5.43 Å². The van der Waals surface area contributed by atoms with Crippen LogP contribution in [0.25, 0.3) is 32.6 Å². The number of nitrogens with zero attached hydrogens (tertiary/aromatic N) is 4. The van der Waals surface area contributed by atoms with Gasteiger partial charge in [-0.2, -0.15) is 13.2 Å². The van der Waals surface area contributed by atoms with Crippen LogP contribution in [0.1, 0.15) is 29.9 Å². The molecule has 4 N–H and O–H groups in total. The number of benzene rings is 1. The van der Waals surface area contributed by atoms with Crippen molar-refractivity contribution in [3.8, 4) is 21.7 Å². The number of fused-ring (bicyclic) bond motifs is 1. The number of halogens is 3. The van der Waals surface area contributed by atoms with Crippen LogP contribution >= 0.6 is 11.3 Å². The SMILES string of the molecule is CC(C)NC(=O)Nc1cc(-c2nc(C(F)(F)F)cs2)c(-c2ccc3c(=O)c(C(=O)NCCO)cn(CCN(C)C)c3c2)cn1. The first-order valence-electron chi connectivity index (χ1n) is 13.6. The van der Waals surface area contributed by atoms with E-state index in [1.807, 2.05) is 19.0 Å². The standard InChI is InChI=1S/C29H32F3N7O4S/c1-16(2)35-28(43)37-24-12-19(27-36-23(15-44-27)29(30,31)32)20(13-34-24)17-5-6-18-22(11-17)39(9-8-38(3)4)14-21(25(18)41)26(42)33-7-10-40/h5-6,11-16,40H,7-10H2,1-4H3,(H,33,42)(H2,34,35,37,43). The zero-order chi connectivity index (χ0) is 32.2. The molecule has 0 aliphatic carbocycles. The van der Waals surface area contributed by atoms with Crippen molar-refractivity contribution in [1.29, 1.82) is 0 Å². The highest BCUT2D eigenvalue weighted by molar-refractivity contribution is 7.13. The second kappa shape index (κ2) is 13.5. The Hall–Kier alpha value is -4.34. The maximum absolute atomic E-state index is 13.4. The van der Waals surface area contributed by atoms with Gasteiger partial charge in [0.15, 0.2) is 5.69 Å². The second-order valence-corrected chi connectivity index (χ2v) is 11.3. The Morgan fingerprint density at radius 2 is 1.91 bits per heavy atom. The molecule has 3 aromatic heterocycles. The predicted molar refractivity (Wildman–Crippen MR) is 163 cm³/mol. The van der Waals surface area contributed by atoms with E-state index in [4.69, 9.17) is 5.11 Å². The molecule has 0 radical (unpaired) electrons. The van der Waals surface area contributed by atoms with Crippen LogP contribution in [-0.4, -0.2) is 76.3 Å². The average molecular weight is 632 g/mol. The fraction of sp³-hybridized carbons (Fsp3) is 0.345. The number of pyridine rings is 2. The molecular weight excluding hydrogens is 599 g/mol. The van der Waals surface area contributed by atoms with Crippen molar-refractivity contribution < 1.29 is 27.9 Å². The summed E-state index contributed by atoms with van der Waals surface area (Å²) in [5, 5.41) is 18.1. The maximum Gasteiger partial charge on any atom is 0.434 e. The lowest BCUT2D eigenvalue weighted by Crippen LogP contribution is -2.34. The highest BCUT2D eigenvalue weighted by atomic mass is 32.1. The summed E-state index contributed by atoms with van der Waals surface area (Å²) < 4.78 is 42.1. The summed E-state index contributed by atoms with van der Waals surface area (Å²) >= 11 is 0.799. The number of carbonyl (C=O) groups is 2. The number of anilines is 1. The van der Waals surface area contributed by atoms with Gasteiger partial charge in [-0.15, -0.1) is 11.3 Å². The molecule has 0 saturated heterocycles. The largest absolute Gasteiger partial charge is 0.434 e. The van der Waals surface area contributed by atoms with E-state index >= 15 is 0 Å². The van der Waals surface area contributed by atoms with Gasteiger partial charge in [0.25, 0.3) is 5.91 Å². The van der Waals surface area contributed by atoms with Crippen molar-refractivity contribution in [1.82, 2.24) is 30.1 Å². The lowest BCUT2D eigenvalue weighted by Gasteiger charge is -2.17. The molecule has 234 valence electrons. The number of carbonyl (C=O) groups excluding carboxylic acids is 2. The van der Waals surface area contributed by atoms with Crippen molar-refractivity contribution >= 4 is 40.0 Å². The van der Waals surface area contributed by atoms with E-state index in [1.165, 1.54) is 18.5 Å². The van der Waals surface area contributed by atoms with E-state index < -0.39 is 29.2 Å². The summed E-state index contributed by atoms with van der Waals surface area (Å²) in [6, 6.07) is 5.64. The minimum Gasteiger partial charge on any atom is -0.395 e. The molecule has 0 atom stereocenters. The topological polar surface area (TPSA) is 141 Å². The highest BCUT2D eigenvalue weighted by Crippen LogP contribution is 2.39. The van der Waals surface area contributed by atoms with E-state index in [1.54, 1.807) is 36.6 Å². The van der Waals surface area contributed by atoms with Gasteiger partial charge < -0.3 is 25.2 Å². The molecule has 3 amide bonds. The van der Waals surface area contributed by atoms with Crippen molar-refractivity contribution in [2.75, 3.05) is 39.1 Å². The number of rotatable bonds is 10. The smallest absolute Gasteiger partial charge is 0.395 e. The van der Waals surface area contributed by atoms with E-state index in [2.05, 4.69) is 25.9 Å². The molecule has 0 aliphatic heterocycles. The Balaban J connectivity index is 1.88. The lowest BCUT2D eigenvalue weighted by molar-refractivity contribution is -0.140. The van der Waals surface area contributed by atoms with Gasteiger partial charge in [-0.3, -0.25) is 14.9 Å². The number of alkyl halides is 3. The first-order chi connectivity index (χ1) is 20.8. The molecule has 0 saturated carbocycles. The minimum atomic E-state index is -4.65. The fourth-order valence-corrected chi connectivity index (χ4v) is 5.21. The Bertz CT molecular complexity index is 1730. The second-order valence-electron chi connectivity index (χ2n) is 10.5. The van der Waals surface area contributed by atoms with Crippen molar-refractivity contribution in [3.05, 3.63) is 63.5 Å². The third-order valence-corrected chi connectivity index (χ3v) is 7.29. The molecular formula is C29H32F3N7O4S. The molecule has 0 unspecified atom stereocenters. The van der Waals surface area contributed by atoms with Crippen LogP contribution in [0.2, 0.25) is 0 Å². The molecule has 4 aromatic rings. The zero-order valence-electron chi connectivity index (χ0n) is 24.5. The number of urea groups is 1. The Morgan fingerprint density at radius 3 is 2.55 bits per heavy atom. The van der Waals surface area contributed by atoms with E-state index in [-0.39, 0.29) is 41.0 Å². The van der Waals surface area contributed by atoms with Gasteiger partial charge in [0, 0.05) is 60.0 Å². The van der Waals surface area contributed by atoms with Crippen LogP contribution in [0, 0.1) is 0 Å². The van der Waals surface area contributed by atoms with Crippen molar-refractivity contribution in [3.63, 3.8) is 0 Å². The quantitative estimate of drug-likeness (QED) is 0.207. The molecule has 0 spiro atoms. The monoisotopic (exact) mass is 631 g/mol. The summed E-state index contributed by atoms with van der Waals surface area (Å²) in [6.45, 7) is 4.24. The molecule has 44 heavy (non-hydrogen) atoms. The number of nitrogens with one attached hydrogen (secondary N) is 3. The molecule has 15 heteroatoms. The van der Waals surface area contributed by atoms with Crippen LogP contribution in [0.5, 0.6) is 0 Å². The summed E-state index contributed by atoms with van der Waals surface area (Å²) in [7, 11) is 3.76. The van der Waals surface area contributed by atoms with Gasteiger partial charge in [-0.05, 0) is 51.7 Å². The summed E-state index contributed by atoms with van der Waals surface area (Å²) in [5.74, 6) is -0.512. The Kier molecular flexibility index (Phi) is 10.0. The third kappa shape index (κ3) is 7.59. The molecule has 0 bridgehead atoms. The number of thiazole rings is 1. The highest BCUT2D eigenvalue weighted by Gasteiger charge is 2.34. The van der Waals surface area contributed by atoms with Crippen LogP contribution in [0.4, 0.5) is 23.8 Å². The normalized spacial score (nSPS) is 11.8. The maximum atomic E-state index is 13.4. The summed E-state index contributed by atoms with van der Waals surface area (Å²) in [6.07, 6.45) is -1.76. The number of hydrogen-bond acceptors (Lipinski definition) is 8. The summed E-state index contributed by atoms with van der Waals surface area (Å²) in [4.78, 5) is 48.5. The van der Waals surface area contributed by atoms with Crippen LogP contribution in [0.15, 0.2) is 46.8 Å². The molecule has 11 nitrogen and oxygen atoms in total. The molecule has 0 fully saturated rings. The van der Waals surface area contributed by atoms with E-state index in [0.29, 0.717) is 35.3 Å².